The zero-order valence-corrected chi connectivity index (χ0v) is 17.5. The van der Waals surface area contributed by atoms with Gasteiger partial charge in [0.2, 0.25) is 5.91 Å². The van der Waals surface area contributed by atoms with Crippen molar-refractivity contribution in [1.29, 1.82) is 0 Å². The number of hydrogen-bond donors (Lipinski definition) is 1. The first kappa shape index (κ1) is 21.1. The number of rotatable bonds is 7. The normalized spacial score (nSPS) is 11.4. The summed E-state index contributed by atoms with van der Waals surface area (Å²) in [4.78, 5) is 12.0. The molecule has 0 unspecified atom stereocenters. The van der Waals surface area contributed by atoms with E-state index < -0.39 is 10.1 Å². The van der Waals surface area contributed by atoms with Gasteiger partial charge in [0.25, 0.3) is 0 Å². The summed E-state index contributed by atoms with van der Waals surface area (Å²) in [6.45, 7) is 1.86. The molecule has 0 atom stereocenters. The van der Waals surface area contributed by atoms with Gasteiger partial charge in [-0.3, -0.25) is 9.48 Å². The topological polar surface area (TPSA) is 99.5 Å². The molecule has 0 fully saturated rings. The van der Waals surface area contributed by atoms with Crippen LogP contribution in [0.2, 0.25) is 0 Å². The summed E-state index contributed by atoms with van der Waals surface area (Å²) in [6.07, 6.45) is 4.62. The summed E-state index contributed by atoms with van der Waals surface area (Å²) in [5, 5.41) is 6.70. The summed E-state index contributed by atoms with van der Waals surface area (Å²) >= 11 is 0. The van der Waals surface area contributed by atoms with E-state index in [1.807, 2.05) is 6.92 Å². The fourth-order valence-corrected chi connectivity index (χ4v) is 3.49. The summed E-state index contributed by atoms with van der Waals surface area (Å²) in [5.41, 5.74) is 1.57. The van der Waals surface area contributed by atoms with Crippen LogP contribution in [0.25, 0.3) is 6.08 Å². The first-order valence-corrected chi connectivity index (χ1v) is 10.4. The Morgan fingerprint density at radius 2 is 1.83 bits per heavy atom. The number of anilines is 1. The van der Waals surface area contributed by atoms with Crippen molar-refractivity contribution >= 4 is 27.9 Å². The lowest BCUT2D eigenvalue weighted by molar-refractivity contribution is -0.111. The van der Waals surface area contributed by atoms with Gasteiger partial charge in [0.1, 0.15) is 4.90 Å². The SMILES string of the molecule is COc1cc(C=CC(=O)Nc2ccn(C)n2)ccc1OS(=O)(=O)c1ccc(C)cc1. The maximum atomic E-state index is 12.5. The van der Waals surface area contributed by atoms with Crippen LogP contribution in [-0.2, 0) is 22.0 Å². The number of benzene rings is 2. The van der Waals surface area contributed by atoms with Gasteiger partial charge in [-0.25, -0.2) is 0 Å². The second-order valence-corrected chi connectivity index (χ2v) is 8.00. The summed E-state index contributed by atoms with van der Waals surface area (Å²) < 4.78 is 37.1. The number of nitrogens with zero attached hydrogens (tertiary/aromatic N) is 2. The molecule has 156 valence electrons. The largest absolute Gasteiger partial charge is 0.493 e. The van der Waals surface area contributed by atoms with E-state index in [2.05, 4.69) is 10.4 Å². The van der Waals surface area contributed by atoms with Crippen molar-refractivity contribution in [3.05, 3.63) is 71.9 Å². The molecule has 1 amide bonds. The Morgan fingerprint density at radius 3 is 2.47 bits per heavy atom. The smallest absolute Gasteiger partial charge is 0.339 e. The predicted molar refractivity (Wildman–Crippen MR) is 113 cm³/mol. The van der Waals surface area contributed by atoms with Crippen LogP contribution in [-0.4, -0.2) is 31.2 Å². The third kappa shape index (κ3) is 5.26. The number of aromatic nitrogens is 2. The van der Waals surface area contributed by atoms with E-state index in [-0.39, 0.29) is 22.3 Å². The van der Waals surface area contributed by atoms with E-state index >= 15 is 0 Å². The number of methoxy groups -OCH3 is 1. The van der Waals surface area contributed by atoms with Crippen molar-refractivity contribution in [2.45, 2.75) is 11.8 Å². The lowest BCUT2D eigenvalue weighted by atomic mass is 10.2. The maximum Gasteiger partial charge on any atom is 0.339 e. The molecule has 1 N–H and O–H groups in total. The molecular formula is C21H21N3O5S. The predicted octanol–water partition coefficient (Wildman–Crippen LogP) is 3.16. The number of hydrogen-bond acceptors (Lipinski definition) is 6. The van der Waals surface area contributed by atoms with E-state index in [1.165, 1.54) is 31.4 Å². The third-order valence-corrected chi connectivity index (χ3v) is 5.34. The summed E-state index contributed by atoms with van der Waals surface area (Å²) in [6, 6.07) is 12.7. The molecule has 3 rings (SSSR count). The fraction of sp³-hybridized carbons (Fsp3) is 0.143. The van der Waals surface area contributed by atoms with Crippen LogP contribution in [0.5, 0.6) is 11.5 Å². The first-order chi connectivity index (χ1) is 14.3. The molecule has 0 saturated carbocycles. The number of carbonyl (C=O) groups is 1. The van der Waals surface area contributed by atoms with E-state index in [4.69, 9.17) is 8.92 Å². The molecule has 0 radical (unpaired) electrons. The van der Waals surface area contributed by atoms with E-state index in [0.29, 0.717) is 11.4 Å². The molecule has 0 saturated heterocycles. The number of aryl methyl sites for hydroxylation is 2. The van der Waals surface area contributed by atoms with Gasteiger partial charge in [-0.05, 0) is 42.8 Å². The lowest BCUT2D eigenvalue weighted by Crippen LogP contribution is -2.10. The van der Waals surface area contributed by atoms with Crippen molar-refractivity contribution in [3.63, 3.8) is 0 Å². The van der Waals surface area contributed by atoms with Gasteiger partial charge in [0.05, 0.1) is 7.11 Å². The molecule has 0 spiro atoms. The molecule has 1 aromatic heterocycles. The Labute approximate surface area is 174 Å². The number of carbonyl (C=O) groups excluding carboxylic acids is 1. The Hall–Kier alpha value is -3.59. The van der Waals surface area contributed by atoms with Crippen molar-refractivity contribution < 1.29 is 22.1 Å². The van der Waals surface area contributed by atoms with E-state index in [1.54, 1.807) is 54.3 Å². The van der Waals surface area contributed by atoms with Crippen molar-refractivity contribution in [1.82, 2.24) is 9.78 Å². The van der Waals surface area contributed by atoms with Gasteiger partial charge >= 0.3 is 10.1 Å². The van der Waals surface area contributed by atoms with Gasteiger partial charge in [0.15, 0.2) is 17.3 Å². The van der Waals surface area contributed by atoms with Crippen LogP contribution in [0.3, 0.4) is 0 Å². The fourth-order valence-electron chi connectivity index (χ4n) is 2.55. The highest BCUT2D eigenvalue weighted by atomic mass is 32.2. The molecular weight excluding hydrogens is 406 g/mol. The number of nitrogens with one attached hydrogen (secondary N) is 1. The minimum absolute atomic E-state index is 0.0466. The summed E-state index contributed by atoms with van der Waals surface area (Å²) in [5.74, 6) is 0.357. The average Bonchev–Trinajstić information content (AvgIpc) is 3.11. The van der Waals surface area contributed by atoms with Gasteiger partial charge in [-0.15, -0.1) is 0 Å². The second-order valence-electron chi connectivity index (χ2n) is 6.46. The zero-order valence-electron chi connectivity index (χ0n) is 16.7. The van der Waals surface area contributed by atoms with Gasteiger partial charge in [0, 0.05) is 25.4 Å². The second kappa shape index (κ2) is 8.83. The highest BCUT2D eigenvalue weighted by molar-refractivity contribution is 7.87. The zero-order chi connectivity index (χ0) is 21.7. The molecule has 3 aromatic rings. The Bertz CT molecular complexity index is 1180. The van der Waals surface area contributed by atoms with Crippen LogP contribution in [0, 0.1) is 6.92 Å². The van der Waals surface area contributed by atoms with Crippen LogP contribution in [0.1, 0.15) is 11.1 Å². The average molecular weight is 427 g/mol. The van der Waals surface area contributed by atoms with Crippen LogP contribution in [0.15, 0.2) is 65.7 Å². The summed E-state index contributed by atoms with van der Waals surface area (Å²) in [7, 11) is -0.850. The van der Waals surface area contributed by atoms with E-state index in [9.17, 15) is 13.2 Å². The van der Waals surface area contributed by atoms with Gasteiger partial charge < -0.3 is 14.2 Å². The molecule has 0 aliphatic carbocycles. The molecule has 2 aromatic carbocycles. The maximum absolute atomic E-state index is 12.5. The highest BCUT2D eigenvalue weighted by Crippen LogP contribution is 2.31. The number of amides is 1. The minimum atomic E-state index is -4.00. The van der Waals surface area contributed by atoms with Crippen molar-refractivity contribution in [2.24, 2.45) is 7.05 Å². The Balaban J connectivity index is 1.74. The first-order valence-electron chi connectivity index (χ1n) is 8.95. The molecule has 0 bridgehead atoms. The van der Waals surface area contributed by atoms with E-state index in [0.717, 1.165) is 5.56 Å². The monoisotopic (exact) mass is 427 g/mol. The molecule has 8 nitrogen and oxygen atoms in total. The van der Waals surface area contributed by atoms with Crippen molar-refractivity contribution in [3.8, 4) is 11.5 Å². The molecule has 9 heteroatoms. The Kier molecular flexibility index (Phi) is 6.22. The van der Waals surface area contributed by atoms with Crippen molar-refractivity contribution in [2.75, 3.05) is 12.4 Å². The van der Waals surface area contributed by atoms with Gasteiger partial charge in [-0.2, -0.15) is 13.5 Å². The molecule has 1 heterocycles. The van der Waals surface area contributed by atoms with Crippen LogP contribution in [0.4, 0.5) is 5.82 Å². The minimum Gasteiger partial charge on any atom is -0.493 e. The third-order valence-electron chi connectivity index (χ3n) is 4.09. The molecule has 30 heavy (non-hydrogen) atoms. The quantitative estimate of drug-likeness (QED) is 0.459. The molecule has 0 aliphatic heterocycles. The highest BCUT2D eigenvalue weighted by Gasteiger charge is 2.19. The molecule has 0 aliphatic rings. The lowest BCUT2D eigenvalue weighted by Gasteiger charge is -2.11. The van der Waals surface area contributed by atoms with Crippen LogP contribution >= 0.6 is 0 Å². The standard InChI is InChI=1S/C21H21N3O5S/c1-15-4-8-17(9-5-15)30(26,27)29-18-10-6-16(14-19(18)28-3)7-11-21(25)22-20-12-13-24(2)23-20/h4-14H,1-3H3,(H,22,23,25). The number of ether oxygens (including phenoxy) is 1. The van der Waals surface area contributed by atoms with Crippen LogP contribution < -0.4 is 14.2 Å². The van der Waals surface area contributed by atoms with Gasteiger partial charge in [-0.1, -0.05) is 23.8 Å². The Morgan fingerprint density at radius 1 is 1.10 bits per heavy atom.